The number of anilines is 2. The van der Waals surface area contributed by atoms with Crippen molar-refractivity contribution in [1.82, 2.24) is 9.97 Å². The molecule has 2 aromatic heterocycles. The highest BCUT2D eigenvalue weighted by Gasteiger charge is 2.17. The highest BCUT2D eigenvalue weighted by atomic mass is 32.2. The Kier molecular flexibility index (Phi) is 6.44. The molecule has 0 spiro atoms. The van der Waals surface area contributed by atoms with Crippen LogP contribution in [0.4, 0.5) is 11.5 Å². The van der Waals surface area contributed by atoms with Crippen molar-refractivity contribution in [2.24, 2.45) is 5.14 Å². The molecule has 2 amide bonds. The molecule has 4 aromatic rings. The Morgan fingerprint density at radius 3 is 2.47 bits per heavy atom. The van der Waals surface area contributed by atoms with Crippen LogP contribution >= 0.6 is 0 Å². The van der Waals surface area contributed by atoms with E-state index >= 15 is 0 Å². The number of hydrogen-bond donors (Lipinski definition) is 3. The lowest BCUT2D eigenvalue weighted by atomic mass is 10.0. The van der Waals surface area contributed by atoms with Crippen LogP contribution in [0.3, 0.4) is 0 Å². The topological polar surface area (TPSA) is 144 Å². The van der Waals surface area contributed by atoms with Gasteiger partial charge < -0.3 is 10.6 Å². The summed E-state index contributed by atoms with van der Waals surface area (Å²) in [6.45, 7) is 0. The number of aromatic nitrogens is 2. The van der Waals surface area contributed by atoms with E-state index in [0.29, 0.717) is 40.0 Å². The maximum atomic E-state index is 13.0. The SMILES string of the molecule is NS(=O)(=O)c1ccccc1-c1ccc(NC(=O)c2cccnc2-c2cccc(NC=O)c2)nc1. The number of nitrogens with two attached hydrogens (primary N) is 1. The highest BCUT2D eigenvalue weighted by molar-refractivity contribution is 7.89. The Balaban J connectivity index is 1.60. The molecule has 9 nitrogen and oxygen atoms in total. The fourth-order valence-corrected chi connectivity index (χ4v) is 4.17. The Morgan fingerprint density at radius 2 is 1.74 bits per heavy atom. The molecule has 0 aliphatic rings. The Labute approximate surface area is 195 Å². The molecule has 0 radical (unpaired) electrons. The molecular weight excluding hydrogens is 454 g/mol. The van der Waals surface area contributed by atoms with Crippen LogP contribution < -0.4 is 15.8 Å². The Bertz CT molecular complexity index is 1470. The van der Waals surface area contributed by atoms with Gasteiger partial charge in [-0.05, 0) is 42.5 Å². The molecule has 0 saturated heterocycles. The molecule has 0 saturated carbocycles. The van der Waals surface area contributed by atoms with E-state index in [1.165, 1.54) is 12.3 Å². The van der Waals surface area contributed by atoms with Crippen molar-refractivity contribution in [1.29, 1.82) is 0 Å². The molecule has 4 N–H and O–H groups in total. The number of carbonyl (C=O) groups is 2. The van der Waals surface area contributed by atoms with E-state index in [9.17, 15) is 18.0 Å². The number of amides is 2. The predicted octanol–water partition coefficient (Wildman–Crippen LogP) is 3.28. The minimum absolute atomic E-state index is 0.0140. The maximum absolute atomic E-state index is 13.0. The van der Waals surface area contributed by atoms with E-state index < -0.39 is 15.9 Å². The van der Waals surface area contributed by atoms with E-state index in [0.717, 1.165) is 0 Å². The summed E-state index contributed by atoms with van der Waals surface area (Å²) in [5.41, 5.74) is 2.92. The molecule has 0 fully saturated rings. The van der Waals surface area contributed by atoms with Crippen molar-refractivity contribution in [2.75, 3.05) is 10.6 Å². The third kappa shape index (κ3) is 4.98. The normalized spacial score (nSPS) is 11.0. The summed E-state index contributed by atoms with van der Waals surface area (Å²) in [6, 6.07) is 19.8. The van der Waals surface area contributed by atoms with Gasteiger partial charge in [-0.1, -0.05) is 30.3 Å². The van der Waals surface area contributed by atoms with Gasteiger partial charge in [-0.2, -0.15) is 0 Å². The van der Waals surface area contributed by atoms with E-state index in [1.807, 2.05) is 0 Å². The van der Waals surface area contributed by atoms with E-state index in [4.69, 9.17) is 5.14 Å². The molecule has 0 aliphatic heterocycles. The number of sulfonamides is 1. The van der Waals surface area contributed by atoms with Gasteiger partial charge in [0.25, 0.3) is 5.91 Å². The first-order chi connectivity index (χ1) is 16.4. The summed E-state index contributed by atoms with van der Waals surface area (Å²) in [5, 5.41) is 10.6. The van der Waals surface area contributed by atoms with Crippen LogP contribution in [0.2, 0.25) is 0 Å². The maximum Gasteiger partial charge on any atom is 0.259 e. The lowest BCUT2D eigenvalue weighted by Gasteiger charge is -2.11. The molecule has 0 atom stereocenters. The first-order valence-electron chi connectivity index (χ1n) is 10.0. The van der Waals surface area contributed by atoms with Gasteiger partial charge in [-0.15, -0.1) is 0 Å². The third-order valence-corrected chi connectivity index (χ3v) is 5.89. The van der Waals surface area contributed by atoms with E-state index in [2.05, 4.69) is 20.6 Å². The minimum atomic E-state index is -3.91. The molecule has 0 unspecified atom stereocenters. The molecule has 0 bridgehead atoms. The van der Waals surface area contributed by atoms with Gasteiger partial charge in [0.15, 0.2) is 0 Å². The van der Waals surface area contributed by atoms with Gasteiger partial charge in [0.05, 0.1) is 16.2 Å². The second kappa shape index (κ2) is 9.61. The standard InChI is InChI=1S/C24H19N5O4S/c25-34(32,33)21-9-2-1-7-19(21)17-10-11-22(27-14-17)29-24(31)20-8-4-12-26-23(20)16-5-3-6-18(13-16)28-15-30/h1-15H,(H,28,30)(H2,25,32,33)(H,27,29,31). The second-order valence-corrected chi connectivity index (χ2v) is 8.70. The van der Waals surface area contributed by atoms with Crippen LogP contribution in [-0.2, 0) is 14.8 Å². The number of rotatable bonds is 7. The van der Waals surface area contributed by atoms with Crippen molar-refractivity contribution in [3.8, 4) is 22.4 Å². The number of benzene rings is 2. The molecule has 34 heavy (non-hydrogen) atoms. The molecular formula is C24H19N5O4S. The molecule has 2 aromatic carbocycles. The van der Waals surface area contributed by atoms with E-state index in [-0.39, 0.29) is 10.7 Å². The number of pyridine rings is 2. The zero-order valence-corrected chi connectivity index (χ0v) is 18.5. The predicted molar refractivity (Wildman–Crippen MR) is 128 cm³/mol. The Hall–Kier alpha value is -4.41. The van der Waals surface area contributed by atoms with Gasteiger partial charge in [-0.25, -0.2) is 18.5 Å². The summed E-state index contributed by atoms with van der Waals surface area (Å²) in [4.78, 5) is 32.3. The third-order valence-electron chi connectivity index (χ3n) is 4.92. The summed E-state index contributed by atoms with van der Waals surface area (Å²) in [5.74, 6) is -0.157. The molecule has 4 rings (SSSR count). The van der Waals surface area contributed by atoms with Crippen molar-refractivity contribution in [2.45, 2.75) is 4.90 Å². The number of nitrogens with one attached hydrogen (secondary N) is 2. The van der Waals surface area contributed by atoms with Crippen LogP contribution in [0.25, 0.3) is 22.4 Å². The second-order valence-electron chi connectivity index (χ2n) is 7.17. The average molecular weight is 474 g/mol. The monoisotopic (exact) mass is 473 g/mol. The summed E-state index contributed by atoms with van der Waals surface area (Å²) in [7, 11) is -3.91. The van der Waals surface area contributed by atoms with Gasteiger partial charge in [0, 0.05) is 34.8 Å². The Morgan fingerprint density at radius 1 is 0.912 bits per heavy atom. The quantitative estimate of drug-likeness (QED) is 0.351. The lowest BCUT2D eigenvalue weighted by molar-refractivity contribution is -0.105. The van der Waals surface area contributed by atoms with Crippen LogP contribution in [-0.4, -0.2) is 30.7 Å². The van der Waals surface area contributed by atoms with Crippen LogP contribution in [0.5, 0.6) is 0 Å². The van der Waals surface area contributed by atoms with E-state index in [1.54, 1.807) is 72.9 Å². The van der Waals surface area contributed by atoms with Gasteiger partial charge in [0.1, 0.15) is 5.82 Å². The van der Waals surface area contributed by atoms with Gasteiger partial charge in [-0.3, -0.25) is 14.6 Å². The van der Waals surface area contributed by atoms with Crippen LogP contribution in [0, 0.1) is 0 Å². The average Bonchev–Trinajstić information content (AvgIpc) is 2.84. The molecule has 170 valence electrons. The summed E-state index contributed by atoms with van der Waals surface area (Å²) < 4.78 is 23.8. The largest absolute Gasteiger partial charge is 0.329 e. The van der Waals surface area contributed by atoms with Crippen molar-refractivity contribution in [3.63, 3.8) is 0 Å². The zero-order chi connectivity index (χ0) is 24.1. The smallest absolute Gasteiger partial charge is 0.259 e. The summed E-state index contributed by atoms with van der Waals surface area (Å²) >= 11 is 0. The minimum Gasteiger partial charge on any atom is -0.329 e. The van der Waals surface area contributed by atoms with Crippen LogP contribution in [0.1, 0.15) is 10.4 Å². The number of primary sulfonamides is 1. The van der Waals surface area contributed by atoms with Gasteiger partial charge in [0.2, 0.25) is 16.4 Å². The molecule has 10 heteroatoms. The summed E-state index contributed by atoms with van der Waals surface area (Å²) in [6.07, 6.45) is 3.60. The van der Waals surface area contributed by atoms with Gasteiger partial charge >= 0.3 is 0 Å². The molecule has 0 aliphatic carbocycles. The number of carbonyl (C=O) groups excluding carboxylic acids is 2. The van der Waals surface area contributed by atoms with Crippen molar-refractivity contribution >= 4 is 33.8 Å². The highest BCUT2D eigenvalue weighted by Crippen LogP contribution is 2.27. The first-order valence-corrected chi connectivity index (χ1v) is 11.6. The van der Waals surface area contributed by atoms with Crippen molar-refractivity contribution in [3.05, 3.63) is 90.8 Å². The fourth-order valence-electron chi connectivity index (χ4n) is 3.41. The fraction of sp³-hybridized carbons (Fsp3) is 0. The van der Waals surface area contributed by atoms with Crippen molar-refractivity contribution < 1.29 is 18.0 Å². The van der Waals surface area contributed by atoms with Crippen LogP contribution in [0.15, 0.2) is 90.1 Å². The zero-order valence-electron chi connectivity index (χ0n) is 17.7. The first kappa shape index (κ1) is 22.8. The number of hydrogen-bond acceptors (Lipinski definition) is 6. The lowest BCUT2D eigenvalue weighted by Crippen LogP contribution is -2.15. The number of nitrogens with zero attached hydrogens (tertiary/aromatic N) is 2. The molecule has 2 heterocycles.